The van der Waals surface area contributed by atoms with E-state index >= 15 is 0 Å². The van der Waals surface area contributed by atoms with Crippen LogP contribution in [0, 0.1) is 0 Å². The molecule has 0 atom stereocenters. The lowest BCUT2D eigenvalue weighted by molar-refractivity contribution is 0.103. The molecule has 2 aliphatic rings. The fourth-order valence-corrected chi connectivity index (χ4v) is 5.46. The van der Waals surface area contributed by atoms with E-state index in [0.29, 0.717) is 17.9 Å². The molecule has 0 amide bonds. The molecule has 0 radical (unpaired) electrons. The van der Waals surface area contributed by atoms with Gasteiger partial charge in [-0.2, -0.15) is 0 Å². The quantitative estimate of drug-likeness (QED) is 0.361. The number of allylic oxidation sites excluding steroid dienone is 2. The Morgan fingerprint density at radius 2 is 1.55 bits per heavy atom. The number of hydrogen-bond acceptors (Lipinski definition) is 2. The molecule has 0 fully saturated rings. The van der Waals surface area contributed by atoms with Gasteiger partial charge in [0, 0.05) is 5.41 Å². The van der Waals surface area contributed by atoms with Gasteiger partial charge >= 0.3 is 0 Å². The van der Waals surface area contributed by atoms with Crippen LogP contribution in [0.1, 0.15) is 32.6 Å². The average Bonchev–Trinajstić information content (AvgIpc) is 2.85. The van der Waals surface area contributed by atoms with Gasteiger partial charge in [-0.05, 0) is 64.1 Å². The summed E-state index contributed by atoms with van der Waals surface area (Å²) in [5.74, 6) is 0.686. The molecule has 0 unspecified atom stereocenters. The van der Waals surface area contributed by atoms with Gasteiger partial charge in [-0.1, -0.05) is 91.0 Å². The first kappa shape index (κ1) is 19.8. The normalized spacial score (nSPS) is 15.8. The highest BCUT2D eigenvalue weighted by atomic mass is 16.5. The van der Waals surface area contributed by atoms with Crippen LogP contribution in [0.25, 0.3) is 16.8 Å². The minimum atomic E-state index is -0.231. The molecule has 0 aliphatic heterocycles. The fourth-order valence-electron chi connectivity index (χ4n) is 5.46. The zero-order valence-electron chi connectivity index (χ0n) is 18.3. The smallest absolute Gasteiger partial charge is 0.189 e. The fraction of sp³-hybridized carbons (Fsp3) is 0.129. The van der Waals surface area contributed by atoms with Gasteiger partial charge in [-0.25, -0.2) is 0 Å². The monoisotopic (exact) mass is 428 g/mol. The first-order valence-electron chi connectivity index (χ1n) is 11.4. The molecule has 2 nitrogen and oxygen atoms in total. The first-order valence-corrected chi connectivity index (χ1v) is 11.4. The highest BCUT2D eigenvalue weighted by Crippen LogP contribution is 2.46. The lowest BCUT2D eigenvalue weighted by Gasteiger charge is -2.39. The van der Waals surface area contributed by atoms with E-state index in [1.807, 2.05) is 42.5 Å². The number of ketones is 1. The summed E-state index contributed by atoms with van der Waals surface area (Å²) in [7, 11) is 0. The maximum Gasteiger partial charge on any atom is 0.189 e. The van der Waals surface area contributed by atoms with Gasteiger partial charge in [0.05, 0.1) is 5.56 Å². The van der Waals surface area contributed by atoms with Crippen molar-refractivity contribution in [1.82, 2.24) is 0 Å². The topological polar surface area (TPSA) is 26.3 Å². The Bertz CT molecular complexity index is 1390. The zero-order valence-corrected chi connectivity index (χ0v) is 18.3. The van der Waals surface area contributed by atoms with Gasteiger partial charge in [0.25, 0.3) is 0 Å². The Balaban J connectivity index is 1.35. The van der Waals surface area contributed by atoms with Crippen molar-refractivity contribution in [3.05, 3.63) is 131 Å². The summed E-state index contributed by atoms with van der Waals surface area (Å²) in [6, 6.07) is 29.3. The number of carbonyl (C=O) groups is 1. The van der Waals surface area contributed by atoms with Crippen LogP contribution < -0.4 is 4.74 Å². The van der Waals surface area contributed by atoms with Crippen molar-refractivity contribution in [1.29, 1.82) is 0 Å². The van der Waals surface area contributed by atoms with Crippen molar-refractivity contribution in [2.75, 3.05) is 6.61 Å². The molecule has 0 N–H and O–H groups in total. The first-order chi connectivity index (χ1) is 16.2. The molecule has 0 bridgehead atoms. The van der Waals surface area contributed by atoms with E-state index in [1.54, 1.807) is 6.08 Å². The minimum absolute atomic E-state index is 0.0235. The molecule has 0 aromatic heterocycles. The van der Waals surface area contributed by atoms with Crippen molar-refractivity contribution in [3.8, 4) is 5.75 Å². The summed E-state index contributed by atoms with van der Waals surface area (Å²) in [5.41, 5.74) is 5.37. The van der Waals surface area contributed by atoms with Gasteiger partial charge in [-0.3, -0.25) is 4.79 Å². The number of rotatable bonds is 4. The summed E-state index contributed by atoms with van der Waals surface area (Å²) in [6.45, 7) is 0.414. The molecule has 4 aromatic carbocycles. The molecule has 1 spiro atoms. The van der Waals surface area contributed by atoms with Crippen LogP contribution >= 0.6 is 0 Å². The Hall–Kier alpha value is -3.91. The van der Waals surface area contributed by atoms with Crippen molar-refractivity contribution in [2.45, 2.75) is 18.3 Å². The maximum absolute atomic E-state index is 13.0. The summed E-state index contributed by atoms with van der Waals surface area (Å²) in [5, 5.41) is 2.66. The molecule has 0 saturated heterocycles. The van der Waals surface area contributed by atoms with Crippen molar-refractivity contribution >= 4 is 22.6 Å². The molecular formula is C31H24O2. The molecule has 2 aliphatic carbocycles. The summed E-state index contributed by atoms with van der Waals surface area (Å²) >= 11 is 0. The molecule has 160 valence electrons. The Labute approximate surface area is 193 Å². The molecule has 0 saturated carbocycles. The van der Waals surface area contributed by atoms with Crippen LogP contribution in [0.5, 0.6) is 5.75 Å². The van der Waals surface area contributed by atoms with E-state index in [4.69, 9.17) is 4.74 Å². The summed E-state index contributed by atoms with van der Waals surface area (Å²) < 4.78 is 6.12. The van der Waals surface area contributed by atoms with Crippen LogP contribution in [-0.4, -0.2) is 12.4 Å². The zero-order chi connectivity index (χ0) is 22.3. The Morgan fingerprint density at radius 1 is 0.818 bits per heavy atom. The third-order valence-corrected chi connectivity index (χ3v) is 6.90. The molecule has 0 heterocycles. The molecule has 33 heavy (non-hydrogen) atoms. The van der Waals surface area contributed by atoms with Crippen LogP contribution in [0.2, 0.25) is 0 Å². The van der Waals surface area contributed by atoms with Crippen molar-refractivity contribution in [3.63, 3.8) is 0 Å². The highest BCUT2D eigenvalue weighted by Gasteiger charge is 2.40. The van der Waals surface area contributed by atoms with Crippen LogP contribution in [0.15, 0.2) is 103 Å². The molecule has 2 heteroatoms. The third kappa shape index (κ3) is 3.39. The summed E-state index contributed by atoms with van der Waals surface area (Å²) in [6.07, 6.45) is 9.68. The van der Waals surface area contributed by atoms with Crippen molar-refractivity contribution in [2.24, 2.45) is 0 Å². The number of ether oxygens (including phenoxy) is 1. The Kier molecular flexibility index (Phi) is 4.73. The predicted molar refractivity (Wildman–Crippen MR) is 134 cm³/mol. The lowest BCUT2D eigenvalue weighted by Crippen LogP contribution is -2.36. The van der Waals surface area contributed by atoms with Gasteiger partial charge in [-0.15, -0.1) is 0 Å². The number of benzene rings is 4. The van der Waals surface area contributed by atoms with E-state index in [1.165, 1.54) is 21.9 Å². The van der Waals surface area contributed by atoms with E-state index < -0.39 is 0 Å². The molecular weight excluding hydrogens is 404 g/mol. The second-order valence-corrected chi connectivity index (χ2v) is 8.94. The minimum Gasteiger partial charge on any atom is -0.489 e. The van der Waals surface area contributed by atoms with Gasteiger partial charge < -0.3 is 4.74 Å². The molecule has 6 rings (SSSR count). The SMILES string of the molecule is O=C1C=CC2(Cc3cccc4cccc(c34)C2)c2cccc(OC/C=C/c3ccccc3)c21. The van der Waals surface area contributed by atoms with E-state index in [-0.39, 0.29) is 11.2 Å². The van der Waals surface area contributed by atoms with Gasteiger partial charge in [0.2, 0.25) is 0 Å². The Morgan fingerprint density at radius 3 is 2.30 bits per heavy atom. The maximum atomic E-state index is 13.0. The second-order valence-electron chi connectivity index (χ2n) is 8.94. The van der Waals surface area contributed by atoms with Crippen molar-refractivity contribution < 1.29 is 9.53 Å². The average molecular weight is 429 g/mol. The highest BCUT2D eigenvalue weighted by molar-refractivity contribution is 6.09. The lowest BCUT2D eigenvalue weighted by atomic mass is 9.63. The van der Waals surface area contributed by atoms with Crippen LogP contribution in [0.4, 0.5) is 0 Å². The van der Waals surface area contributed by atoms with Crippen LogP contribution in [-0.2, 0) is 18.3 Å². The van der Waals surface area contributed by atoms with E-state index in [9.17, 15) is 4.79 Å². The van der Waals surface area contributed by atoms with E-state index in [2.05, 4.69) is 60.7 Å². The van der Waals surface area contributed by atoms with Gasteiger partial charge in [0.1, 0.15) is 12.4 Å². The predicted octanol–water partition coefficient (Wildman–Crippen LogP) is 6.72. The van der Waals surface area contributed by atoms with Gasteiger partial charge in [0.15, 0.2) is 5.78 Å². The number of fused-ring (bicyclic) bond motifs is 2. The molecule has 4 aromatic rings. The largest absolute Gasteiger partial charge is 0.489 e. The van der Waals surface area contributed by atoms with E-state index in [0.717, 1.165) is 24.0 Å². The van der Waals surface area contributed by atoms with Crippen LogP contribution in [0.3, 0.4) is 0 Å². The second kappa shape index (κ2) is 7.90. The number of carbonyl (C=O) groups excluding carboxylic acids is 1. The number of hydrogen-bond donors (Lipinski definition) is 0. The standard InChI is InChI=1S/C31H24O2/c32-27-17-18-31(20-24-13-4-11-23-12-5-14-25(21-31)29(23)24)26-15-6-16-28(30(26)27)33-19-7-10-22-8-2-1-3-9-22/h1-18H,19-21H2/b10-7+. The third-order valence-electron chi connectivity index (χ3n) is 6.90. The summed E-state index contributed by atoms with van der Waals surface area (Å²) in [4.78, 5) is 13.0.